The second kappa shape index (κ2) is 56.2. The molecule has 0 aromatic carbocycles. The van der Waals surface area contributed by atoms with Crippen LogP contribution in [0.3, 0.4) is 0 Å². The number of esters is 3. The quantitative estimate of drug-likeness (QED) is 0.0262. The lowest BCUT2D eigenvalue weighted by molar-refractivity contribution is -0.167. The molecule has 0 aromatic heterocycles. The second-order valence-corrected chi connectivity index (χ2v) is 20.0. The van der Waals surface area contributed by atoms with Crippen molar-refractivity contribution < 1.29 is 28.6 Å². The maximum Gasteiger partial charge on any atom is 0.306 e. The van der Waals surface area contributed by atoms with Gasteiger partial charge in [0.05, 0.1) is 0 Å². The van der Waals surface area contributed by atoms with Crippen LogP contribution in [0, 0.1) is 0 Å². The first-order chi connectivity index (χ1) is 33.0. The Kier molecular flexibility index (Phi) is 54.2. The minimum atomic E-state index is -0.776. The number of carbonyl (C=O) groups is 3. The zero-order chi connectivity index (χ0) is 48.6. The molecule has 0 aromatic rings. The molecule has 0 aliphatic carbocycles. The summed E-state index contributed by atoms with van der Waals surface area (Å²) in [6.07, 6.45) is 67.0. The number of hydrogen-bond donors (Lipinski definition) is 0. The van der Waals surface area contributed by atoms with E-state index >= 15 is 0 Å². The molecule has 392 valence electrons. The van der Waals surface area contributed by atoms with Crippen LogP contribution in [0.2, 0.25) is 0 Å². The van der Waals surface area contributed by atoms with Gasteiger partial charge in [0.15, 0.2) is 6.10 Å². The Balaban J connectivity index is 4.37. The molecule has 0 heterocycles. The molecule has 0 spiro atoms. The number of carbonyl (C=O) groups excluding carboxylic acids is 3. The molecule has 0 rings (SSSR count). The van der Waals surface area contributed by atoms with E-state index in [0.717, 1.165) is 77.0 Å². The molecule has 0 aliphatic rings. The standard InChI is InChI=1S/C61H112O6/c1-4-7-10-13-16-19-22-25-28-30-31-34-36-39-42-45-48-51-54-60(63)66-57-58(56-65-59(62)53-50-47-44-41-38-35-32-27-24-21-18-15-12-9-6-3)67-61(64)55-52-49-46-43-40-37-33-29-26-23-20-17-14-11-8-5-2/h22,25,28,30-31,34,58H,4-21,23-24,26-27,29,32-33,35-57H2,1-3H3/b25-22-,30-28-,34-31-. The van der Waals surface area contributed by atoms with Crippen molar-refractivity contribution >= 4 is 17.9 Å². The molecule has 0 amide bonds. The highest BCUT2D eigenvalue weighted by Crippen LogP contribution is 2.17. The van der Waals surface area contributed by atoms with E-state index in [1.807, 2.05) is 0 Å². The zero-order valence-electron chi connectivity index (χ0n) is 44.9. The third kappa shape index (κ3) is 54.4. The summed E-state index contributed by atoms with van der Waals surface area (Å²) in [4.78, 5) is 38.2. The molecular formula is C61H112O6. The lowest BCUT2D eigenvalue weighted by atomic mass is 10.0. The van der Waals surface area contributed by atoms with Crippen molar-refractivity contribution in [1.29, 1.82) is 0 Å². The first-order valence-electron chi connectivity index (χ1n) is 29.5. The van der Waals surface area contributed by atoms with Crippen molar-refractivity contribution in [2.75, 3.05) is 13.2 Å². The minimum absolute atomic E-state index is 0.0737. The van der Waals surface area contributed by atoms with Crippen molar-refractivity contribution in [3.05, 3.63) is 36.5 Å². The molecule has 6 nitrogen and oxygen atoms in total. The van der Waals surface area contributed by atoms with Gasteiger partial charge in [-0.2, -0.15) is 0 Å². The van der Waals surface area contributed by atoms with Gasteiger partial charge in [-0.3, -0.25) is 14.4 Å². The number of hydrogen-bond acceptors (Lipinski definition) is 6. The van der Waals surface area contributed by atoms with Crippen molar-refractivity contribution in [2.24, 2.45) is 0 Å². The largest absolute Gasteiger partial charge is 0.462 e. The molecule has 0 N–H and O–H groups in total. The summed E-state index contributed by atoms with van der Waals surface area (Å²) >= 11 is 0. The molecule has 6 heteroatoms. The zero-order valence-corrected chi connectivity index (χ0v) is 44.9. The maximum atomic E-state index is 12.9. The van der Waals surface area contributed by atoms with Crippen LogP contribution >= 0.6 is 0 Å². The van der Waals surface area contributed by atoms with Gasteiger partial charge in [0.2, 0.25) is 0 Å². The molecule has 0 aliphatic heterocycles. The smallest absolute Gasteiger partial charge is 0.306 e. The van der Waals surface area contributed by atoms with Gasteiger partial charge in [0, 0.05) is 19.3 Å². The lowest BCUT2D eigenvalue weighted by Crippen LogP contribution is -2.30. The second-order valence-electron chi connectivity index (χ2n) is 20.0. The Hall–Kier alpha value is -2.37. The van der Waals surface area contributed by atoms with E-state index in [0.29, 0.717) is 19.3 Å². The minimum Gasteiger partial charge on any atom is -0.462 e. The molecule has 0 saturated heterocycles. The summed E-state index contributed by atoms with van der Waals surface area (Å²) < 4.78 is 16.9. The highest BCUT2D eigenvalue weighted by Gasteiger charge is 2.19. The van der Waals surface area contributed by atoms with Gasteiger partial charge in [0.25, 0.3) is 0 Å². The average Bonchev–Trinajstić information content (AvgIpc) is 3.33. The first kappa shape index (κ1) is 64.6. The van der Waals surface area contributed by atoms with Crippen LogP contribution in [-0.4, -0.2) is 37.2 Å². The van der Waals surface area contributed by atoms with Crippen LogP contribution < -0.4 is 0 Å². The van der Waals surface area contributed by atoms with Crippen LogP contribution in [0.15, 0.2) is 36.5 Å². The van der Waals surface area contributed by atoms with Crippen LogP contribution in [0.5, 0.6) is 0 Å². The number of unbranched alkanes of at least 4 members (excludes halogenated alkanes) is 39. The molecule has 0 bridgehead atoms. The van der Waals surface area contributed by atoms with Gasteiger partial charge in [-0.05, 0) is 44.9 Å². The van der Waals surface area contributed by atoms with Gasteiger partial charge >= 0.3 is 17.9 Å². The van der Waals surface area contributed by atoms with Gasteiger partial charge < -0.3 is 14.2 Å². The Labute approximate surface area is 416 Å². The van der Waals surface area contributed by atoms with Crippen LogP contribution in [0.1, 0.15) is 316 Å². The predicted octanol–water partition coefficient (Wildman–Crippen LogP) is 19.7. The third-order valence-corrected chi connectivity index (χ3v) is 13.2. The number of rotatable bonds is 54. The average molecular weight is 942 g/mol. The van der Waals surface area contributed by atoms with Crippen molar-refractivity contribution in [3.8, 4) is 0 Å². The van der Waals surface area contributed by atoms with Crippen LogP contribution in [0.25, 0.3) is 0 Å². The topological polar surface area (TPSA) is 78.9 Å². The Bertz CT molecular complexity index is 1130. The third-order valence-electron chi connectivity index (χ3n) is 13.2. The highest BCUT2D eigenvalue weighted by molar-refractivity contribution is 5.71. The Morgan fingerprint density at radius 2 is 0.537 bits per heavy atom. The van der Waals surface area contributed by atoms with Crippen molar-refractivity contribution in [2.45, 2.75) is 322 Å². The molecule has 0 saturated carbocycles. The van der Waals surface area contributed by atoms with E-state index < -0.39 is 6.10 Å². The summed E-state index contributed by atoms with van der Waals surface area (Å²) in [6, 6.07) is 0. The van der Waals surface area contributed by atoms with E-state index in [-0.39, 0.29) is 31.1 Å². The molecule has 67 heavy (non-hydrogen) atoms. The van der Waals surface area contributed by atoms with E-state index in [4.69, 9.17) is 14.2 Å². The van der Waals surface area contributed by atoms with Gasteiger partial charge in [-0.25, -0.2) is 0 Å². The van der Waals surface area contributed by atoms with E-state index in [9.17, 15) is 14.4 Å². The Morgan fingerprint density at radius 1 is 0.299 bits per heavy atom. The molecule has 0 radical (unpaired) electrons. The van der Waals surface area contributed by atoms with Gasteiger partial charge in [-0.15, -0.1) is 0 Å². The fourth-order valence-corrected chi connectivity index (χ4v) is 8.74. The number of ether oxygens (including phenoxy) is 3. The summed E-state index contributed by atoms with van der Waals surface area (Å²) in [5.74, 6) is -0.873. The van der Waals surface area contributed by atoms with Crippen LogP contribution in [0.4, 0.5) is 0 Å². The van der Waals surface area contributed by atoms with Gasteiger partial charge in [-0.1, -0.05) is 288 Å². The van der Waals surface area contributed by atoms with Gasteiger partial charge in [0.1, 0.15) is 13.2 Å². The Morgan fingerprint density at radius 3 is 0.821 bits per heavy atom. The molecular weight excluding hydrogens is 829 g/mol. The summed E-state index contributed by atoms with van der Waals surface area (Å²) in [7, 11) is 0. The summed E-state index contributed by atoms with van der Waals surface area (Å²) in [5.41, 5.74) is 0. The van der Waals surface area contributed by atoms with E-state index in [1.54, 1.807) is 0 Å². The molecule has 1 unspecified atom stereocenters. The molecule has 0 fully saturated rings. The van der Waals surface area contributed by atoms with E-state index in [1.165, 1.54) is 199 Å². The van der Waals surface area contributed by atoms with Crippen molar-refractivity contribution in [3.63, 3.8) is 0 Å². The molecule has 1 atom stereocenters. The summed E-state index contributed by atoms with van der Waals surface area (Å²) in [6.45, 7) is 6.66. The van der Waals surface area contributed by atoms with E-state index in [2.05, 4.69) is 57.2 Å². The van der Waals surface area contributed by atoms with Crippen LogP contribution in [-0.2, 0) is 28.6 Å². The van der Waals surface area contributed by atoms with Crippen molar-refractivity contribution in [1.82, 2.24) is 0 Å². The SMILES string of the molecule is CCCCCCC\C=C/C=C\C=C/CCCCCCCC(=O)OCC(COC(=O)CCCCCCCCCCCCCCCCC)OC(=O)CCCCCCCCCCCCCCCCCC. The number of allylic oxidation sites excluding steroid dienone is 6. The highest BCUT2D eigenvalue weighted by atomic mass is 16.6. The lowest BCUT2D eigenvalue weighted by Gasteiger charge is -2.18. The predicted molar refractivity (Wildman–Crippen MR) is 289 cm³/mol. The fraction of sp³-hybridized carbons (Fsp3) is 0.852. The normalized spacial score (nSPS) is 12.2. The summed E-state index contributed by atoms with van der Waals surface area (Å²) in [5, 5.41) is 0. The maximum absolute atomic E-state index is 12.9. The fourth-order valence-electron chi connectivity index (χ4n) is 8.74. The monoisotopic (exact) mass is 941 g/mol. The first-order valence-corrected chi connectivity index (χ1v) is 29.5.